The maximum atomic E-state index is 8.98. The molecule has 102 valence electrons. The summed E-state index contributed by atoms with van der Waals surface area (Å²) in [5, 5.41) is 9.69. The molecular weight excluding hydrogens is 272 g/mol. The highest BCUT2D eigenvalue weighted by molar-refractivity contribution is 6.30. The van der Waals surface area contributed by atoms with Crippen molar-refractivity contribution in [2.24, 2.45) is 0 Å². The van der Waals surface area contributed by atoms with Crippen molar-refractivity contribution in [2.45, 2.75) is 19.9 Å². The van der Waals surface area contributed by atoms with E-state index in [4.69, 9.17) is 16.9 Å². The molecule has 0 saturated carbocycles. The molecule has 0 aliphatic rings. The number of aromatic nitrogens is 2. The number of benzene rings is 1. The summed E-state index contributed by atoms with van der Waals surface area (Å²) in [6, 6.07) is 11.5. The number of halogens is 1. The average molecular weight is 287 g/mol. The predicted molar refractivity (Wildman–Crippen MR) is 79.8 cm³/mol. The van der Waals surface area contributed by atoms with Crippen LogP contribution in [0.1, 0.15) is 29.9 Å². The number of nitriles is 1. The van der Waals surface area contributed by atoms with Gasteiger partial charge in [0.05, 0.1) is 6.04 Å². The lowest BCUT2D eigenvalue weighted by Crippen LogP contribution is -2.24. The van der Waals surface area contributed by atoms with E-state index >= 15 is 0 Å². The average Bonchev–Trinajstić information content (AvgIpc) is 2.45. The SMILES string of the molecule is Cc1cc(C#N)nc(N(C)C(C)c2ccc(Cl)cc2)n1. The Bertz CT molecular complexity index is 646. The first-order valence-corrected chi connectivity index (χ1v) is 6.63. The zero-order valence-electron chi connectivity index (χ0n) is 11.6. The summed E-state index contributed by atoms with van der Waals surface area (Å²) < 4.78 is 0. The first kappa shape index (κ1) is 14.3. The molecule has 20 heavy (non-hydrogen) atoms. The predicted octanol–water partition coefficient (Wildman–Crippen LogP) is 3.51. The number of nitrogens with zero attached hydrogens (tertiary/aromatic N) is 4. The first-order valence-electron chi connectivity index (χ1n) is 6.25. The molecule has 0 aliphatic carbocycles. The molecule has 0 aliphatic heterocycles. The maximum absolute atomic E-state index is 8.98. The minimum absolute atomic E-state index is 0.0839. The van der Waals surface area contributed by atoms with Gasteiger partial charge in [0, 0.05) is 17.8 Å². The number of hydrogen-bond donors (Lipinski definition) is 0. The lowest BCUT2D eigenvalue weighted by atomic mass is 10.1. The van der Waals surface area contributed by atoms with Gasteiger partial charge in [0.2, 0.25) is 5.95 Å². The smallest absolute Gasteiger partial charge is 0.227 e. The quantitative estimate of drug-likeness (QED) is 0.866. The highest BCUT2D eigenvalue weighted by Crippen LogP contribution is 2.24. The van der Waals surface area contributed by atoms with E-state index in [1.807, 2.05) is 43.1 Å². The summed E-state index contributed by atoms with van der Waals surface area (Å²) in [6.45, 7) is 3.91. The summed E-state index contributed by atoms with van der Waals surface area (Å²) >= 11 is 5.90. The second kappa shape index (κ2) is 5.89. The van der Waals surface area contributed by atoms with Crippen molar-refractivity contribution in [2.75, 3.05) is 11.9 Å². The van der Waals surface area contributed by atoms with Crippen LogP contribution in [0.3, 0.4) is 0 Å². The van der Waals surface area contributed by atoms with Crippen LogP contribution in [0.2, 0.25) is 5.02 Å². The van der Waals surface area contributed by atoms with Crippen molar-refractivity contribution in [3.63, 3.8) is 0 Å². The number of hydrogen-bond acceptors (Lipinski definition) is 4. The molecule has 2 rings (SSSR count). The van der Waals surface area contributed by atoms with Gasteiger partial charge in [-0.2, -0.15) is 5.26 Å². The molecule has 0 saturated heterocycles. The van der Waals surface area contributed by atoms with E-state index in [-0.39, 0.29) is 6.04 Å². The van der Waals surface area contributed by atoms with Crippen molar-refractivity contribution in [1.82, 2.24) is 9.97 Å². The summed E-state index contributed by atoms with van der Waals surface area (Å²) in [7, 11) is 1.91. The number of aryl methyl sites for hydroxylation is 1. The molecule has 1 aromatic heterocycles. The summed E-state index contributed by atoms with van der Waals surface area (Å²) in [5.74, 6) is 0.545. The minimum Gasteiger partial charge on any atom is -0.337 e. The van der Waals surface area contributed by atoms with Gasteiger partial charge < -0.3 is 4.90 Å². The molecule has 4 nitrogen and oxygen atoms in total. The third-order valence-electron chi connectivity index (χ3n) is 3.21. The molecule has 1 atom stereocenters. The van der Waals surface area contributed by atoms with Gasteiger partial charge in [0.1, 0.15) is 11.8 Å². The zero-order valence-corrected chi connectivity index (χ0v) is 12.4. The van der Waals surface area contributed by atoms with Gasteiger partial charge >= 0.3 is 0 Å². The largest absolute Gasteiger partial charge is 0.337 e. The van der Waals surface area contributed by atoms with Crippen LogP contribution in [0.4, 0.5) is 5.95 Å². The van der Waals surface area contributed by atoms with Gasteiger partial charge in [-0.25, -0.2) is 9.97 Å². The fourth-order valence-corrected chi connectivity index (χ4v) is 2.03. The number of rotatable bonds is 3. The van der Waals surface area contributed by atoms with Crippen molar-refractivity contribution in [1.29, 1.82) is 5.26 Å². The Morgan fingerprint density at radius 3 is 2.50 bits per heavy atom. The van der Waals surface area contributed by atoms with Crippen molar-refractivity contribution >= 4 is 17.5 Å². The van der Waals surface area contributed by atoms with Gasteiger partial charge in [0.15, 0.2) is 0 Å². The van der Waals surface area contributed by atoms with E-state index in [2.05, 4.69) is 23.0 Å². The topological polar surface area (TPSA) is 52.8 Å². The van der Waals surface area contributed by atoms with Gasteiger partial charge in [0.25, 0.3) is 0 Å². The fourth-order valence-electron chi connectivity index (χ4n) is 1.91. The van der Waals surface area contributed by atoms with Crippen LogP contribution in [0, 0.1) is 18.3 Å². The van der Waals surface area contributed by atoms with Crippen LogP contribution in [0.25, 0.3) is 0 Å². The summed E-state index contributed by atoms with van der Waals surface area (Å²) in [5.41, 5.74) is 2.27. The Kier molecular flexibility index (Phi) is 4.21. The molecule has 0 bridgehead atoms. The van der Waals surface area contributed by atoms with Gasteiger partial charge in [-0.3, -0.25) is 0 Å². The van der Waals surface area contributed by atoms with Crippen LogP contribution in [0.5, 0.6) is 0 Å². The van der Waals surface area contributed by atoms with Gasteiger partial charge in [-0.05, 0) is 37.6 Å². The van der Waals surface area contributed by atoms with Gasteiger partial charge in [-0.15, -0.1) is 0 Å². The minimum atomic E-state index is 0.0839. The Morgan fingerprint density at radius 2 is 1.90 bits per heavy atom. The van der Waals surface area contributed by atoms with Crippen molar-refractivity contribution in [3.05, 3.63) is 52.3 Å². The molecule has 0 fully saturated rings. The molecule has 5 heteroatoms. The van der Waals surface area contributed by atoms with Crippen molar-refractivity contribution in [3.8, 4) is 6.07 Å². The second-order valence-electron chi connectivity index (χ2n) is 4.64. The molecule has 2 aromatic rings. The van der Waals surface area contributed by atoms with Crippen LogP contribution in [-0.2, 0) is 0 Å². The van der Waals surface area contributed by atoms with E-state index in [1.165, 1.54) is 0 Å². The normalized spacial score (nSPS) is 11.8. The Morgan fingerprint density at radius 1 is 1.25 bits per heavy atom. The standard InChI is InChI=1S/C15H15ClN4/c1-10-8-14(9-17)19-15(18-10)20(3)11(2)12-4-6-13(16)7-5-12/h4-8,11H,1-3H3. The summed E-state index contributed by atoms with van der Waals surface area (Å²) in [6.07, 6.45) is 0. The highest BCUT2D eigenvalue weighted by atomic mass is 35.5. The third-order valence-corrected chi connectivity index (χ3v) is 3.46. The molecule has 1 heterocycles. The third kappa shape index (κ3) is 3.06. The lowest BCUT2D eigenvalue weighted by molar-refractivity contribution is 0.712. The van der Waals surface area contributed by atoms with E-state index in [1.54, 1.807) is 6.07 Å². The Labute approximate surface area is 123 Å². The maximum Gasteiger partial charge on any atom is 0.227 e. The van der Waals surface area contributed by atoms with Crippen LogP contribution in [0.15, 0.2) is 30.3 Å². The Balaban J connectivity index is 2.31. The molecular formula is C15H15ClN4. The molecule has 0 N–H and O–H groups in total. The highest BCUT2D eigenvalue weighted by Gasteiger charge is 2.15. The van der Waals surface area contributed by atoms with Crippen LogP contribution in [-0.4, -0.2) is 17.0 Å². The number of anilines is 1. The van der Waals surface area contributed by atoms with Gasteiger partial charge in [-0.1, -0.05) is 23.7 Å². The van der Waals surface area contributed by atoms with Crippen molar-refractivity contribution < 1.29 is 0 Å². The molecule has 1 aromatic carbocycles. The fraction of sp³-hybridized carbons (Fsp3) is 0.267. The van der Waals surface area contributed by atoms with E-state index in [0.717, 1.165) is 11.3 Å². The zero-order chi connectivity index (χ0) is 14.7. The Hall–Kier alpha value is -2.12. The molecule has 1 unspecified atom stereocenters. The second-order valence-corrected chi connectivity index (χ2v) is 5.08. The summed E-state index contributed by atoms with van der Waals surface area (Å²) in [4.78, 5) is 10.6. The van der Waals surface area contributed by atoms with E-state index in [9.17, 15) is 0 Å². The molecule has 0 amide bonds. The molecule has 0 spiro atoms. The van der Waals surface area contributed by atoms with E-state index < -0.39 is 0 Å². The molecule has 0 radical (unpaired) electrons. The van der Waals surface area contributed by atoms with E-state index in [0.29, 0.717) is 16.7 Å². The lowest BCUT2D eigenvalue weighted by Gasteiger charge is -2.25. The van der Waals surface area contributed by atoms with Crippen LogP contribution >= 0.6 is 11.6 Å². The van der Waals surface area contributed by atoms with Crippen LogP contribution < -0.4 is 4.90 Å². The first-order chi connectivity index (χ1) is 9.51. The monoisotopic (exact) mass is 286 g/mol.